The lowest BCUT2D eigenvalue weighted by Gasteiger charge is -2.17. The maximum Gasteiger partial charge on any atom is 0.150 e. The molecule has 2 nitrogen and oxygen atoms in total. The van der Waals surface area contributed by atoms with E-state index < -0.39 is 9.84 Å². The second-order valence-corrected chi connectivity index (χ2v) is 5.93. The molecule has 0 spiro atoms. The van der Waals surface area contributed by atoms with Crippen LogP contribution in [0, 0.1) is 6.42 Å². The molecule has 12 heavy (non-hydrogen) atoms. The van der Waals surface area contributed by atoms with Crippen molar-refractivity contribution in [1.29, 1.82) is 0 Å². The first-order valence-corrected chi connectivity index (χ1v) is 6.56. The second-order valence-electron chi connectivity index (χ2n) is 3.60. The van der Waals surface area contributed by atoms with E-state index in [2.05, 4.69) is 6.42 Å². The Morgan fingerprint density at radius 1 is 1.17 bits per heavy atom. The van der Waals surface area contributed by atoms with Gasteiger partial charge in [0.15, 0.2) is 0 Å². The van der Waals surface area contributed by atoms with Gasteiger partial charge in [-0.15, -0.1) is 0 Å². The largest absolute Gasteiger partial charge is 0.229 e. The van der Waals surface area contributed by atoms with Gasteiger partial charge in [-0.05, 0) is 25.7 Å². The van der Waals surface area contributed by atoms with E-state index in [1.807, 2.05) is 0 Å². The summed E-state index contributed by atoms with van der Waals surface area (Å²) >= 11 is 0. The zero-order valence-corrected chi connectivity index (χ0v) is 8.44. The van der Waals surface area contributed by atoms with Crippen LogP contribution in [0.1, 0.15) is 38.5 Å². The predicted octanol–water partition coefficient (Wildman–Crippen LogP) is 1.96. The molecule has 1 aliphatic rings. The third-order valence-electron chi connectivity index (χ3n) is 2.48. The lowest BCUT2D eigenvalue weighted by Crippen LogP contribution is -2.20. The molecule has 0 aliphatic heterocycles. The Morgan fingerprint density at radius 2 is 1.92 bits per heavy atom. The van der Waals surface area contributed by atoms with Crippen molar-refractivity contribution in [3.05, 3.63) is 6.42 Å². The molecule has 1 unspecified atom stereocenters. The molecular formula is C9H17O2S. The van der Waals surface area contributed by atoms with Crippen molar-refractivity contribution in [3.8, 4) is 0 Å². The molecule has 0 N–H and O–H groups in total. The molecule has 0 aromatic heterocycles. The van der Waals surface area contributed by atoms with Crippen molar-refractivity contribution in [1.82, 2.24) is 0 Å². The molecule has 0 aromatic carbocycles. The summed E-state index contributed by atoms with van der Waals surface area (Å²) in [5.41, 5.74) is 0. The number of hydrogen-bond donors (Lipinski definition) is 0. The highest BCUT2D eigenvalue weighted by Gasteiger charge is 2.20. The van der Waals surface area contributed by atoms with Gasteiger partial charge in [-0.3, -0.25) is 0 Å². The monoisotopic (exact) mass is 189 g/mol. The molecule has 3 heteroatoms. The number of sulfone groups is 1. The lowest BCUT2D eigenvalue weighted by atomic mass is 10.0. The van der Waals surface area contributed by atoms with Gasteiger partial charge in [-0.2, -0.15) is 0 Å². The minimum Gasteiger partial charge on any atom is -0.229 e. The van der Waals surface area contributed by atoms with E-state index in [1.165, 1.54) is 6.26 Å². The quantitative estimate of drug-likeness (QED) is 0.632. The molecule has 1 aliphatic carbocycles. The highest BCUT2D eigenvalue weighted by Crippen LogP contribution is 2.21. The van der Waals surface area contributed by atoms with Crippen molar-refractivity contribution >= 4 is 9.84 Å². The molecule has 0 aromatic rings. The number of hydrogen-bond acceptors (Lipinski definition) is 2. The highest BCUT2D eigenvalue weighted by molar-refractivity contribution is 7.91. The van der Waals surface area contributed by atoms with Crippen LogP contribution in [0.4, 0.5) is 0 Å². The van der Waals surface area contributed by atoms with E-state index >= 15 is 0 Å². The zero-order valence-electron chi connectivity index (χ0n) is 7.62. The zero-order chi connectivity index (χ0) is 9.03. The first kappa shape index (κ1) is 10.0. The van der Waals surface area contributed by atoms with Crippen LogP contribution in [0.2, 0.25) is 0 Å². The lowest BCUT2D eigenvalue weighted by molar-refractivity contribution is 0.530. The van der Waals surface area contributed by atoms with Crippen molar-refractivity contribution in [2.24, 2.45) is 0 Å². The van der Waals surface area contributed by atoms with Gasteiger partial charge in [0.05, 0.1) is 5.25 Å². The van der Waals surface area contributed by atoms with Crippen molar-refractivity contribution in [3.63, 3.8) is 0 Å². The molecule has 1 saturated carbocycles. The minimum atomic E-state index is -2.79. The Labute approximate surface area is 75.3 Å². The summed E-state index contributed by atoms with van der Waals surface area (Å²) in [6, 6.07) is 0. The van der Waals surface area contributed by atoms with Gasteiger partial charge in [0.25, 0.3) is 0 Å². The van der Waals surface area contributed by atoms with Crippen molar-refractivity contribution < 1.29 is 8.42 Å². The van der Waals surface area contributed by atoms with E-state index in [0.717, 1.165) is 38.5 Å². The van der Waals surface area contributed by atoms with Crippen LogP contribution < -0.4 is 0 Å². The smallest absolute Gasteiger partial charge is 0.150 e. The summed E-state index contributed by atoms with van der Waals surface area (Å²) in [7, 11) is -2.79. The van der Waals surface area contributed by atoms with Gasteiger partial charge in [0, 0.05) is 6.26 Å². The van der Waals surface area contributed by atoms with Gasteiger partial charge in [0.1, 0.15) is 9.84 Å². The third-order valence-corrected chi connectivity index (χ3v) is 4.17. The predicted molar refractivity (Wildman–Crippen MR) is 50.6 cm³/mol. The van der Waals surface area contributed by atoms with Gasteiger partial charge >= 0.3 is 0 Å². The Bertz CT molecular complexity index is 211. The first-order chi connectivity index (χ1) is 5.61. The molecule has 0 bridgehead atoms. The fourth-order valence-corrected chi connectivity index (χ4v) is 2.84. The number of rotatable bonds is 1. The Balaban J connectivity index is 2.51. The molecule has 0 saturated heterocycles. The summed E-state index contributed by atoms with van der Waals surface area (Å²) in [5.74, 6) is 0. The van der Waals surface area contributed by atoms with Gasteiger partial charge in [0.2, 0.25) is 0 Å². The summed E-state index contributed by atoms with van der Waals surface area (Å²) < 4.78 is 22.5. The SMILES string of the molecule is CS(=O)(=O)C1CC[CH]CCCC1. The molecule has 0 amide bonds. The maximum atomic E-state index is 11.2. The average molecular weight is 189 g/mol. The van der Waals surface area contributed by atoms with Gasteiger partial charge in [-0.25, -0.2) is 8.42 Å². The topological polar surface area (TPSA) is 34.1 Å². The third kappa shape index (κ3) is 3.13. The summed E-state index contributed by atoms with van der Waals surface area (Å²) in [5, 5.41) is -0.0750. The van der Waals surface area contributed by atoms with Crippen LogP contribution in [-0.2, 0) is 9.84 Å². The van der Waals surface area contributed by atoms with Crippen LogP contribution in [0.25, 0.3) is 0 Å². The Kier molecular flexibility index (Phi) is 3.56. The fourth-order valence-electron chi connectivity index (χ4n) is 1.68. The first-order valence-electron chi connectivity index (χ1n) is 4.61. The highest BCUT2D eigenvalue weighted by atomic mass is 32.2. The van der Waals surface area contributed by atoms with E-state index in [9.17, 15) is 8.42 Å². The maximum absolute atomic E-state index is 11.2. The molecule has 1 atom stereocenters. The van der Waals surface area contributed by atoms with Gasteiger partial charge in [-0.1, -0.05) is 19.3 Å². The van der Waals surface area contributed by atoms with E-state index in [-0.39, 0.29) is 5.25 Å². The van der Waals surface area contributed by atoms with Gasteiger partial charge < -0.3 is 0 Å². The van der Waals surface area contributed by atoms with Crippen LogP contribution in [0.5, 0.6) is 0 Å². The molecule has 0 heterocycles. The van der Waals surface area contributed by atoms with E-state index in [0.29, 0.717) is 0 Å². The van der Waals surface area contributed by atoms with Crippen molar-refractivity contribution in [2.45, 2.75) is 43.8 Å². The Morgan fingerprint density at radius 3 is 2.58 bits per heavy atom. The fraction of sp³-hybridized carbons (Fsp3) is 0.889. The molecule has 1 fully saturated rings. The van der Waals surface area contributed by atoms with Crippen LogP contribution in [0.3, 0.4) is 0 Å². The average Bonchev–Trinajstić information content (AvgIpc) is 1.81. The summed E-state index contributed by atoms with van der Waals surface area (Å²) in [6.07, 6.45) is 9.64. The minimum absolute atomic E-state index is 0.0750. The van der Waals surface area contributed by atoms with E-state index in [1.54, 1.807) is 0 Å². The van der Waals surface area contributed by atoms with E-state index in [4.69, 9.17) is 0 Å². The molecule has 1 rings (SSSR count). The normalized spacial score (nSPS) is 23.1. The molecule has 71 valence electrons. The summed E-state index contributed by atoms with van der Waals surface area (Å²) in [6.45, 7) is 0. The second kappa shape index (κ2) is 4.26. The molecule has 1 radical (unpaired) electrons. The van der Waals surface area contributed by atoms with Crippen LogP contribution in [-0.4, -0.2) is 19.9 Å². The Hall–Kier alpha value is -0.0500. The van der Waals surface area contributed by atoms with Crippen molar-refractivity contribution in [2.75, 3.05) is 6.26 Å². The standard InChI is InChI=1S/C9H17O2S/c1-12(10,11)9-7-5-3-2-4-6-8-9/h3,9H,2,4-8H2,1H3. The van der Waals surface area contributed by atoms with Crippen LogP contribution >= 0.6 is 0 Å². The van der Waals surface area contributed by atoms with Crippen LogP contribution in [0.15, 0.2) is 0 Å². The molecular weight excluding hydrogens is 172 g/mol. The summed E-state index contributed by atoms with van der Waals surface area (Å²) in [4.78, 5) is 0.